The second-order valence-electron chi connectivity index (χ2n) is 7.29. The van der Waals surface area contributed by atoms with E-state index in [1.165, 1.54) is 17.6 Å². The number of morpholine rings is 1. The van der Waals surface area contributed by atoms with E-state index in [4.69, 9.17) is 14.7 Å². The second-order valence-corrected chi connectivity index (χ2v) is 10.1. The Morgan fingerprint density at radius 2 is 2.10 bits per heavy atom. The van der Waals surface area contributed by atoms with Crippen LogP contribution in [0.1, 0.15) is 6.92 Å². The monoisotopic (exact) mass is 428 g/mol. The Kier molecular flexibility index (Phi) is 4.34. The number of nitrogens with one attached hydrogen (secondary N) is 1. The number of para-hydroxylation sites is 1. The summed E-state index contributed by atoms with van der Waals surface area (Å²) in [6.45, 7) is 4.01. The number of nitrogens with zero attached hydrogens (tertiary/aromatic N) is 3. The molecule has 5 rings (SSSR count). The van der Waals surface area contributed by atoms with Crippen molar-refractivity contribution in [3.63, 3.8) is 0 Å². The van der Waals surface area contributed by atoms with Gasteiger partial charge in [0, 0.05) is 40.8 Å². The van der Waals surface area contributed by atoms with Crippen molar-refractivity contribution in [3.05, 3.63) is 35.8 Å². The predicted molar refractivity (Wildman–Crippen MR) is 115 cm³/mol. The fourth-order valence-corrected chi connectivity index (χ4v) is 6.04. The van der Waals surface area contributed by atoms with Gasteiger partial charge in [-0.2, -0.15) is 0 Å². The number of anilines is 1. The van der Waals surface area contributed by atoms with Crippen molar-refractivity contribution >= 4 is 48.1 Å². The smallest absolute Gasteiger partial charge is 0.178 e. The first-order valence-electron chi connectivity index (χ1n) is 9.33. The van der Waals surface area contributed by atoms with Crippen LogP contribution in [0.2, 0.25) is 0 Å². The standard InChI is InChI=1S/C20H20N4O3S2/c1-12-10-27-8-7-24(12)20-18-17(16(11-28-18)29(2,25)26)22-19(23-20)14-9-21-15-6-4-3-5-13(14)15/h3-6,9,11-12,21H,7-8,10H2,1-2H3/t12-/m1/s1. The maximum Gasteiger partial charge on any atom is 0.178 e. The van der Waals surface area contributed by atoms with E-state index < -0.39 is 9.84 Å². The van der Waals surface area contributed by atoms with Gasteiger partial charge in [-0.05, 0) is 13.0 Å². The van der Waals surface area contributed by atoms with E-state index in [2.05, 4.69) is 16.8 Å². The number of thiophene rings is 1. The van der Waals surface area contributed by atoms with Crippen molar-refractivity contribution in [1.82, 2.24) is 15.0 Å². The molecule has 1 N–H and O–H groups in total. The van der Waals surface area contributed by atoms with E-state index in [1.807, 2.05) is 30.5 Å². The van der Waals surface area contributed by atoms with Crippen LogP contribution in [-0.2, 0) is 14.6 Å². The number of benzene rings is 1. The highest BCUT2D eigenvalue weighted by molar-refractivity contribution is 7.91. The molecule has 1 atom stereocenters. The first kappa shape index (κ1) is 18.5. The molecule has 29 heavy (non-hydrogen) atoms. The van der Waals surface area contributed by atoms with Gasteiger partial charge >= 0.3 is 0 Å². The minimum absolute atomic E-state index is 0.140. The summed E-state index contributed by atoms with van der Waals surface area (Å²) < 4.78 is 31.1. The molecular weight excluding hydrogens is 408 g/mol. The quantitative estimate of drug-likeness (QED) is 0.538. The molecule has 1 aliphatic heterocycles. The van der Waals surface area contributed by atoms with Crippen LogP contribution in [0.3, 0.4) is 0 Å². The van der Waals surface area contributed by atoms with Gasteiger partial charge in [0.25, 0.3) is 0 Å². The third-order valence-corrected chi connectivity index (χ3v) is 7.46. The Morgan fingerprint density at radius 3 is 2.90 bits per heavy atom. The van der Waals surface area contributed by atoms with Crippen LogP contribution in [0.5, 0.6) is 0 Å². The minimum Gasteiger partial charge on any atom is -0.377 e. The molecule has 1 saturated heterocycles. The molecule has 0 unspecified atom stereocenters. The third-order valence-electron chi connectivity index (χ3n) is 5.23. The molecule has 9 heteroatoms. The molecule has 0 aliphatic carbocycles. The number of aromatic amines is 1. The second kappa shape index (κ2) is 6.79. The normalized spacial score (nSPS) is 18.0. The van der Waals surface area contributed by atoms with Crippen LogP contribution in [0.25, 0.3) is 32.5 Å². The van der Waals surface area contributed by atoms with Crippen molar-refractivity contribution < 1.29 is 13.2 Å². The van der Waals surface area contributed by atoms with Gasteiger partial charge in [0.15, 0.2) is 21.5 Å². The molecule has 0 saturated carbocycles. The van der Waals surface area contributed by atoms with E-state index in [0.29, 0.717) is 31.1 Å². The molecule has 0 spiro atoms. The van der Waals surface area contributed by atoms with Crippen molar-refractivity contribution in [1.29, 1.82) is 0 Å². The maximum atomic E-state index is 12.4. The number of hydrogen-bond acceptors (Lipinski definition) is 7. The lowest BCUT2D eigenvalue weighted by atomic mass is 10.1. The SMILES string of the molecule is C[C@@H]1COCCN1c1nc(-c2c[nH]c3ccccc23)nc2c(S(C)(=O)=O)csc12. The van der Waals surface area contributed by atoms with Gasteiger partial charge in [-0.15, -0.1) is 11.3 Å². The zero-order chi connectivity index (χ0) is 20.2. The van der Waals surface area contributed by atoms with Crippen LogP contribution in [0.4, 0.5) is 5.82 Å². The summed E-state index contributed by atoms with van der Waals surface area (Å²) in [5, 5.41) is 2.67. The zero-order valence-corrected chi connectivity index (χ0v) is 17.7. The Balaban J connectivity index is 1.80. The summed E-state index contributed by atoms with van der Waals surface area (Å²) in [6, 6.07) is 8.08. The van der Waals surface area contributed by atoms with Crippen molar-refractivity contribution in [3.8, 4) is 11.4 Å². The van der Waals surface area contributed by atoms with Crippen LogP contribution < -0.4 is 4.90 Å². The van der Waals surface area contributed by atoms with Crippen LogP contribution in [0, 0.1) is 0 Å². The highest BCUT2D eigenvalue weighted by Crippen LogP contribution is 2.38. The molecule has 3 aromatic heterocycles. The van der Waals surface area contributed by atoms with Crippen LogP contribution >= 0.6 is 11.3 Å². The third kappa shape index (κ3) is 3.09. The molecule has 150 valence electrons. The molecule has 0 bridgehead atoms. The van der Waals surface area contributed by atoms with Crippen LogP contribution in [-0.4, -0.2) is 55.4 Å². The fraction of sp³-hybridized carbons (Fsp3) is 0.300. The number of hydrogen-bond donors (Lipinski definition) is 1. The van der Waals surface area contributed by atoms with E-state index in [9.17, 15) is 8.42 Å². The number of H-pyrrole nitrogens is 1. The van der Waals surface area contributed by atoms with Gasteiger partial charge in [-0.1, -0.05) is 18.2 Å². The average molecular weight is 429 g/mol. The average Bonchev–Trinajstić information content (AvgIpc) is 3.31. The zero-order valence-electron chi connectivity index (χ0n) is 16.0. The highest BCUT2D eigenvalue weighted by atomic mass is 32.2. The molecule has 0 radical (unpaired) electrons. The summed E-state index contributed by atoms with van der Waals surface area (Å²) in [7, 11) is -3.41. The molecule has 1 fully saturated rings. The maximum absolute atomic E-state index is 12.4. The lowest BCUT2D eigenvalue weighted by Crippen LogP contribution is -2.44. The van der Waals surface area contributed by atoms with Gasteiger partial charge in [-0.3, -0.25) is 0 Å². The van der Waals surface area contributed by atoms with Gasteiger partial charge in [0.2, 0.25) is 0 Å². The fourth-order valence-electron chi connectivity index (χ4n) is 3.76. The van der Waals surface area contributed by atoms with Gasteiger partial charge in [-0.25, -0.2) is 18.4 Å². The molecule has 4 heterocycles. The number of rotatable bonds is 3. The van der Waals surface area contributed by atoms with Crippen molar-refractivity contribution in [2.75, 3.05) is 30.9 Å². The number of aromatic nitrogens is 3. The molecule has 1 aromatic carbocycles. The van der Waals surface area contributed by atoms with E-state index in [0.717, 1.165) is 27.0 Å². The lowest BCUT2D eigenvalue weighted by molar-refractivity contribution is 0.0987. The number of fused-ring (bicyclic) bond motifs is 2. The number of ether oxygens (including phenoxy) is 1. The van der Waals surface area contributed by atoms with Gasteiger partial charge in [0.05, 0.1) is 24.0 Å². The Morgan fingerprint density at radius 1 is 1.28 bits per heavy atom. The predicted octanol–water partition coefficient (Wildman–Crippen LogP) is 3.47. The van der Waals surface area contributed by atoms with Crippen LogP contribution in [0.15, 0.2) is 40.7 Å². The first-order valence-corrected chi connectivity index (χ1v) is 12.1. The van der Waals surface area contributed by atoms with Crippen molar-refractivity contribution in [2.45, 2.75) is 17.9 Å². The van der Waals surface area contributed by atoms with E-state index in [1.54, 1.807) is 5.38 Å². The highest BCUT2D eigenvalue weighted by Gasteiger charge is 2.27. The largest absolute Gasteiger partial charge is 0.377 e. The summed E-state index contributed by atoms with van der Waals surface area (Å²) in [5.74, 6) is 1.29. The Hall–Kier alpha value is -2.49. The summed E-state index contributed by atoms with van der Waals surface area (Å²) >= 11 is 1.38. The lowest BCUT2D eigenvalue weighted by Gasteiger charge is -2.34. The Labute approximate surface area is 172 Å². The first-order chi connectivity index (χ1) is 13.9. The topological polar surface area (TPSA) is 88.2 Å². The summed E-state index contributed by atoms with van der Waals surface area (Å²) in [4.78, 5) is 15.3. The molecule has 0 amide bonds. The summed E-state index contributed by atoms with van der Waals surface area (Å²) in [6.07, 6.45) is 3.10. The Bertz CT molecular complexity index is 1330. The van der Waals surface area contributed by atoms with E-state index >= 15 is 0 Å². The molecule has 1 aliphatic rings. The molecule has 4 aromatic rings. The number of sulfone groups is 1. The van der Waals surface area contributed by atoms with Gasteiger partial charge < -0.3 is 14.6 Å². The molecule has 7 nitrogen and oxygen atoms in total. The summed E-state index contributed by atoms with van der Waals surface area (Å²) in [5.41, 5.74) is 2.33. The van der Waals surface area contributed by atoms with Crippen molar-refractivity contribution in [2.24, 2.45) is 0 Å². The molecular formula is C20H20N4O3S2. The van der Waals surface area contributed by atoms with Gasteiger partial charge in [0.1, 0.15) is 10.4 Å². The van der Waals surface area contributed by atoms with E-state index in [-0.39, 0.29) is 10.9 Å². The minimum atomic E-state index is -3.41.